The number of pyridine rings is 1. The van der Waals surface area contributed by atoms with E-state index in [1.165, 1.54) is 39.9 Å². The van der Waals surface area contributed by atoms with Crippen LogP contribution in [0.25, 0.3) is 16.0 Å². The second kappa shape index (κ2) is 39.4. The zero-order valence-corrected chi connectivity index (χ0v) is 71.6. The number of piperazine rings is 2. The molecule has 5 amide bonds. The molecule has 0 saturated carbocycles. The first-order valence-corrected chi connectivity index (χ1v) is 45.6. The molecule has 0 radical (unpaired) electrons. The lowest BCUT2D eigenvalue weighted by Crippen LogP contribution is -2.57. The number of carbonyl (C=O) groups is 5. The van der Waals surface area contributed by atoms with Gasteiger partial charge in [-0.1, -0.05) is 106 Å². The molecule has 0 bridgehead atoms. The normalized spacial score (nSPS) is 19.6. The van der Waals surface area contributed by atoms with Crippen LogP contribution in [0.2, 0.25) is 5.02 Å². The molecule has 32 heteroatoms. The van der Waals surface area contributed by atoms with E-state index in [2.05, 4.69) is 69.8 Å². The molecule has 6 N–H and O–H groups in total. The average molecular weight is 1720 g/mol. The number of allylic oxidation sites excluding steroid dienone is 1. The van der Waals surface area contributed by atoms with E-state index in [0.717, 1.165) is 127 Å². The van der Waals surface area contributed by atoms with Crippen LogP contribution in [0.3, 0.4) is 0 Å². The molecule has 6 heterocycles. The fourth-order valence-electron chi connectivity index (χ4n) is 16.0. The number of alkyl halides is 3. The Labute approximate surface area is 703 Å². The Bertz CT molecular complexity index is 4890. The lowest BCUT2D eigenvalue weighted by molar-refractivity contribution is -0.144. The van der Waals surface area contributed by atoms with E-state index < -0.39 is 82.3 Å². The van der Waals surface area contributed by atoms with E-state index in [4.69, 9.17) is 21.3 Å². The van der Waals surface area contributed by atoms with Crippen molar-refractivity contribution in [1.29, 1.82) is 0 Å². The van der Waals surface area contributed by atoms with Gasteiger partial charge in [0.1, 0.15) is 22.8 Å². The highest BCUT2D eigenvalue weighted by Gasteiger charge is 2.49. The maximum Gasteiger partial charge on any atom is 0.501 e. The van der Waals surface area contributed by atoms with Gasteiger partial charge in [0.05, 0.1) is 57.6 Å². The SMILES string of the molecule is Cc1ncsc1-c1ccc([C@H](C)NC(=O)[C@@H]2C[C@@H](O)CN2C(=O)[C@@H](NC(=O)CCCCCNC(=O)c2ccc(N3CCN(CC4(C)CCC(c5ccc(Cl)cc5)=C(CN5CCN(c6ccc(C(=O)NS(=O)(=O)c7ccc(N[C@H](CCN8CCOCC8)CSc8ccccc8)c(S(=O)(=O)C(F)(F)F)c7)cc6)CC5)C4)CC3)nc2)C(C)(C)C)cc1. The first kappa shape index (κ1) is 88.8. The van der Waals surface area contributed by atoms with E-state index in [9.17, 15) is 59.1 Å². The number of aliphatic hydroxyl groups is 1. The number of likely N-dealkylation sites (tertiary alicyclic amines) is 1. The summed E-state index contributed by atoms with van der Waals surface area (Å²) in [4.78, 5) is 90.5. The highest BCUT2D eigenvalue weighted by molar-refractivity contribution is 7.99. The van der Waals surface area contributed by atoms with Gasteiger partial charge in [0.15, 0.2) is 0 Å². The van der Waals surface area contributed by atoms with Crippen molar-refractivity contribution in [1.82, 2.24) is 50.2 Å². The lowest BCUT2D eigenvalue weighted by Gasteiger charge is -2.44. The molecule has 2 aromatic heterocycles. The number of halogens is 4. The minimum Gasteiger partial charge on any atom is -0.391 e. The van der Waals surface area contributed by atoms with Crippen molar-refractivity contribution in [2.75, 3.05) is 132 Å². The first-order chi connectivity index (χ1) is 56.3. The zero-order chi connectivity index (χ0) is 84.1. The fourth-order valence-corrected chi connectivity index (χ4v) is 20.0. The molecule has 4 saturated heterocycles. The van der Waals surface area contributed by atoms with Crippen LogP contribution >= 0.6 is 34.7 Å². The third-order valence-electron chi connectivity index (χ3n) is 22.8. The molecule has 1 aliphatic carbocycles. The number of unbranched alkanes of at least 4 members (excludes halogenated alkanes) is 2. The van der Waals surface area contributed by atoms with E-state index in [-0.39, 0.29) is 54.1 Å². The van der Waals surface area contributed by atoms with Gasteiger partial charge in [0, 0.05) is 150 Å². The van der Waals surface area contributed by atoms with Gasteiger partial charge < -0.3 is 45.8 Å². The van der Waals surface area contributed by atoms with Crippen molar-refractivity contribution in [2.24, 2.45) is 10.8 Å². The summed E-state index contributed by atoms with van der Waals surface area (Å²) >= 11 is 9.41. The largest absolute Gasteiger partial charge is 0.501 e. The molecular weight excluding hydrogens is 1610 g/mol. The summed E-state index contributed by atoms with van der Waals surface area (Å²) in [6.07, 6.45) is 5.98. The molecule has 634 valence electrons. The van der Waals surface area contributed by atoms with Gasteiger partial charge in [-0.05, 0) is 164 Å². The van der Waals surface area contributed by atoms with Gasteiger partial charge in [-0.2, -0.15) is 13.2 Å². The molecule has 6 atom stereocenters. The second-order valence-corrected chi connectivity index (χ2v) is 38.7. The number of aromatic nitrogens is 2. The molecule has 1 unspecified atom stereocenters. The molecular formula is C86H107ClF3N13O11S4. The Kier molecular flexibility index (Phi) is 29.6. The van der Waals surface area contributed by atoms with Gasteiger partial charge in [-0.25, -0.2) is 31.5 Å². The topological polar surface area (TPSA) is 288 Å². The maximum absolute atomic E-state index is 14.4. The highest BCUT2D eigenvalue weighted by atomic mass is 35.5. The number of anilines is 3. The van der Waals surface area contributed by atoms with Crippen molar-refractivity contribution in [3.63, 3.8) is 0 Å². The summed E-state index contributed by atoms with van der Waals surface area (Å²) in [6.45, 7) is 22.8. The van der Waals surface area contributed by atoms with Crippen LogP contribution in [-0.4, -0.2) is 228 Å². The second-order valence-electron chi connectivity index (χ2n) is 32.8. The Hall–Kier alpha value is -8.50. The monoisotopic (exact) mass is 1720 g/mol. The molecule has 118 heavy (non-hydrogen) atoms. The number of morpholine rings is 1. The van der Waals surface area contributed by atoms with Gasteiger partial charge in [-0.3, -0.25) is 38.7 Å². The summed E-state index contributed by atoms with van der Waals surface area (Å²) in [5.41, 5.74) is 2.85. The Balaban J connectivity index is 0.577. The molecule has 5 aromatic carbocycles. The number of sulfone groups is 1. The number of rotatable bonds is 32. The average Bonchev–Trinajstić information content (AvgIpc) is 0.908. The quantitative estimate of drug-likeness (QED) is 0.0169. The number of aliphatic hydroxyl groups excluding tert-OH is 1. The molecule has 12 rings (SSSR count). The van der Waals surface area contributed by atoms with Crippen molar-refractivity contribution in [3.8, 4) is 10.4 Å². The van der Waals surface area contributed by atoms with Crippen LogP contribution in [0.15, 0.2) is 165 Å². The Morgan fingerprint density at radius 3 is 2.09 bits per heavy atom. The van der Waals surface area contributed by atoms with Crippen molar-refractivity contribution in [2.45, 2.75) is 150 Å². The molecule has 0 spiro atoms. The van der Waals surface area contributed by atoms with E-state index in [1.807, 2.05) is 118 Å². The van der Waals surface area contributed by atoms with Crippen molar-refractivity contribution < 1.29 is 63.8 Å². The molecule has 7 aromatic rings. The minimum atomic E-state index is -6.11. The summed E-state index contributed by atoms with van der Waals surface area (Å²) in [5, 5.41) is 23.4. The minimum absolute atomic E-state index is 0.0123. The van der Waals surface area contributed by atoms with E-state index in [1.54, 1.807) is 35.7 Å². The number of carbonyl (C=O) groups excluding carboxylic acids is 5. The molecule has 4 fully saturated rings. The molecule has 5 aliphatic rings. The summed E-state index contributed by atoms with van der Waals surface area (Å²) < 4.78 is 105. The van der Waals surface area contributed by atoms with Crippen molar-refractivity contribution in [3.05, 3.63) is 184 Å². The Morgan fingerprint density at radius 1 is 0.754 bits per heavy atom. The summed E-state index contributed by atoms with van der Waals surface area (Å²) in [6, 6.07) is 35.0. The van der Waals surface area contributed by atoms with E-state index >= 15 is 0 Å². The number of ether oxygens (including phenoxy) is 1. The van der Waals surface area contributed by atoms with Gasteiger partial charge in [0.2, 0.25) is 17.7 Å². The Morgan fingerprint density at radius 2 is 1.43 bits per heavy atom. The molecule has 24 nitrogen and oxygen atoms in total. The van der Waals surface area contributed by atoms with Crippen LogP contribution in [0.4, 0.5) is 30.4 Å². The predicted molar refractivity (Wildman–Crippen MR) is 456 cm³/mol. The van der Waals surface area contributed by atoms with Crippen LogP contribution in [-0.2, 0) is 39.0 Å². The van der Waals surface area contributed by atoms with Crippen molar-refractivity contribution >= 4 is 107 Å². The smallest absolute Gasteiger partial charge is 0.391 e. The number of aryl methyl sites for hydroxylation is 1. The standard InChI is InChI=1S/C86H107ClF3N13O11S4/c1-58(60-16-18-62(19-17-60)78-59(2)93-57-116-78)94-82(108)74-49-69(104)54-103(74)83(109)79(84(3,4)5)96-77(105)15-11-8-12-35-91-80(106)64-24-31-76(92-52-64)102-43-39-100(40-44-102)56-85(6)34-32-72(61-20-25-66(87)26-21-61)65(51-85)53-99-37-41-101(42-38-99)68-27-22-63(23-28-68)81(107)97-118(112,113)71-29-30-73(75(50-71)117(110,111)86(88,89)90)95-67(33-36-98-45-47-114-48-46-98)55-115-70-13-9-7-10-14-70/h7,9-10,13-14,16-31,50,52,57-58,67,69,74,79,95,104H,8,11-12,15,32-49,51,53-56H2,1-6H3,(H,91,106)(H,94,108)(H,96,105)(H,97,107)/t58-,67+,69+,74-,79+,85?/m0/s1. The number of hydrogen-bond donors (Lipinski definition) is 6. The predicted octanol–water partition coefficient (Wildman–Crippen LogP) is 12.1. The number of hydrogen-bond acceptors (Lipinski definition) is 21. The summed E-state index contributed by atoms with van der Waals surface area (Å²) in [7, 11) is -11.0. The third-order valence-corrected chi connectivity index (χ3v) is 28.1. The van der Waals surface area contributed by atoms with E-state index in [0.29, 0.717) is 101 Å². The maximum atomic E-state index is 14.4. The number of benzene rings is 5. The van der Waals surface area contributed by atoms with Crippen LogP contribution in [0.1, 0.15) is 136 Å². The number of amides is 5. The number of nitrogens with one attached hydrogen (secondary N) is 5. The van der Waals surface area contributed by atoms with Crippen LogP contribution in [0, 0.1) is 17.8 Å². The van der Waals surface area contributed by atoms with Gasteiger partial charge in [0.25, 0.3) is 31.7 Å². The lowest BCUT2D eigenvalue weighted by atomic mass is 9.71. The van der Waals surface area contributed by atoms with Crippen LogP contribution in [0.5, 0.6) is 0 Å². The fraction of sp³-hybridized carbons (Fsp3) is 0.477. The number of nitrogens with zero attached hydrogens (tertiary/aromatic N) is 8. The molecule has 4 aliphatic heterocycles. The number of β-amino-alcohol motifs (C(OH)–C–C–N with tert-alkyl or cyclic N) is 1. The zero-order valence-electron chi connectivity index (χ0n) is 67.6. The van der Waals surface area contributed by atoms with Crippen LogP contribution < -0.4 is 35.8 Å². The number of thiazole rings is 1. The summed E-state index contributed by atoms with van der Waals surface area (Å²) in [5.74, 6) is -1.26. The third kappa shape index (κ3) is 23.1. The van der Waals surface area contributed by atoms with Gasteiger partial charge in [-0.15, -0.1) is 23.1 Å². The number of thioether (sulfide) groups is 1. The first-order valence-electron chi connectivity index (χ1n) is 40.4. The van der Waals surface area contributed by atoms with Gasteiger partial charge >= 0.3 is 5.51 Å². The highest BCUT2D eigenvalue weighted by Crippen LogP contribution is 2.45. The number of sulfonamides is 1.